The van der Waals surface area contributed by atoms with E-state index in [9.17, 15) is 9.59 Å². The Kier molecular flexibility index (Phi) is 6.16. The molecule has 2 aromatic rings. The van der Waals surface area contributed by atoms with Crippen molar-refractivity contribution in [3.8, 4) is 0 Å². The maximum Gasteiger partial charge on any atom is 0.250 e. The molecule has 2 amide bonds. The number of anilines is 2. The summed E-state index contributed by atoms with van der Waals surface area (Å²) in [7, 11) is 0. The fourth-order valence-electron chi connectivity index (χ4n) is 1.81. The number of nitrogens with zero attached hydrogens (tertiary/aromatic N) is 2. The molecule has 0 saturated carbocycles. The van der Waals surface area contributed by atoms with Crippen LogP contribution in [0.5, 0.6) is 0 Å². The second kappa shape index (κ2) is 8.53. The molecule has 0 radical (unpaired) electrons. The number of hydrogen-bond donors (Lipinski definition) is 2. The number of rotatable bonds is 6. The SMILES string of the molecule is C=C(C)C(=O)Nc1ccc(/N=N/c2ccc(NC(=O)C(=C)C)cc2)cc1. The first-order chi connectivity index (χ1) is 12.3. The lowest BCUT2D eigenvalue weighted by molar-refractivity contribution is -0.113. The van der Waals surface area contributed by atoms with Crippen LogP contribution in [0.25, 0.3) is 0 Å². The van der Waals surface area contributed by atoms with Crippen molar-refractivity contribution in [3.63, 3.8) is 0 Å². The van der Waals surface area contributed by atoms with Gasteiger partial charge in [-0.15, -0.1) is 0 Å². The van der Waals surface area contributed by atoms with Crippen molar-refractivity contribution in [1.82, 2.24) is 0 Å². The Morgan fingerprint density at radius 2 is 1.00 bits per heavy atom. The summed E-state index contributed by atoms with van der Waals surface area (Å²) >= 11 is 0. The van der Waals surface area contributed by atoms with Crippen molar-refractivity contribution in [3.05, 3.63) is 72.8 Å². The molecule has 0 heterocycles. The molecule has 0 fully saturated rings. The molecule has 0 aliphatic rings. The maximum atomic E-state index is 11.6. The van der Waals surface area contributed by atoms with E-state index in [-0.39, 0.29) is 11.8 Å². The molecule has 0 aliphatic heterocycles. The van der Waals surface area contributed by atoms with E-state index in [1.54, 1.807) is 62.4 Å². The number of carbonyl (C=O) groups is 2. The van der Waals surface area contributed by atoms with Crippen LogP contribution in [0, 0.1) is 0 Å². The lowest BCUT2D eigenvalue weighted by Gasteiger charge is -2.05. The quantitative estimate of drug-likeness (QED) is 0.560. The fraction of sp³-hybridized carbons (Fsp3) is 0.100. The Balaban J connectivity index is 1.98. The molecule has 2 N–H and O–H groups in total. The van der Waals surface area contributed by atoms with Crippen LogP contribution in [0.15, 0.2) is 83.1 Å². The Bertz CT molecular complexity index is 792. The molecular formula is C20H20N4O2. The van der Waals surface area contributed by atoms with E-state index >= 15 is 0 Å². The molecule has 132 valence electrons. The minimum atomic E-state index is -0.224. The van der Waals surface area contributed by atoms with E-state index in [4.69, 9.17) is 0 Å². The van der Waals surface area contributed by atoms with Gasteiger partial charge in [0.15, 0.2) is 0 Å². The third kappa shape index (κ3) is 5.52. The third-order valence-electron chi connectivity index (χ3n) is 3.31. The number of benzene rings is 2. The zero-order chi connectivity index (χ0) is 19.1. The molecule has 6 heteroatoms. The minimum Gasteiger partial charge on any atom is -0.322 e. The highest BCUT2D eigenvalue weighted by Crippen LogP contribution is 2.22. The molecule has 26 heavy (non-hydrogen) atoms. The van der Waals surface area contributed by atoms with Gasteiger partial charge >= 0.3 is 0 Å². The lowest BCUT2D eigenvalue weighted by atomic mass is 10.2. The first-order valence-corrected chi connectivity index (χ1v) is 7.91. The Labute approximate surface area is 152 Å². The average molecular weight is 348 g/mol. The van der Waals surface area contributed by atoms with Crippen LogP contribution in [0.2, 0.25) is 0 Å². The predicted molar refractivity (Wildman–Crippen MR) is 104 cm³/mol. The van der Waals surface area contributed by atoms with Gasteiger partial charge in [-0.3, -0.25) is 9.59 Å². The number of carbonyl (C=O) groups excluding carboxylic acids is 2. The predicted octanol–water partition coefficient (Wildman–Crippen LogP) is 5.13. The molecule has 2 rings (SSSR count). The summed E-state index contributed by atoms with van der Waals surface area (Å²) in [6.45, 7) is 10.5. The Hall–Kier alpha value is -3.54. The lowest BCUT2D eigenvalue weighted by Crippen LogP contribution is -2.11. The van der Waals surface area contributed by atoms with E-state index in [2.05, 4.69) is 34.0 Å². The van der Waals surface area contributed by atoms with Gasteiger partial charge in [0, 0.05) is 22.5 Å². The van der Waals surface area contributed by atoms with Crippen LogP contribution in [0.4, 0.5) is 22.7 Å². The molecular weight excluding hydrogens is 328 g/mol. The largest absolute Gasteiger partial charge is 0.322 e. The molecule has 2 aromatic carbocycles. The van der Waals surface area contributed by atoms with Crippen molar-refractivity contribution in [2.24, 2.45) is 10.2 Å². The molecule has 0 aromatic heterocycles. The van der Waals surface area contributed by atoms with Gasteiger partial charge in [-0.1, -0.05) is 13.2 Å². The second-order valence-electron chi connectivity index (χ2n) is 5.76. The summed E-state index contributed by atoms with van der Waals surface area (Å²) in [5.74, 6) is -0.448. The van der Waals surface area contributed by atoms with Crippen molar-refractivity contribution in [2.45, 2.75) is 13.8 Å². The first kappa shape index (κ1) is 18.8. The zero-order valence-corrected chi connectivity index (χ0v) is 14.7. The van der Waals surface area contributed by atoms with E-state index in [1.807, 2.05) is 0 Å². The van der Waals surface area contributed by atoms with Crippen LogP contribution in [-0.4, -0.2) is 11.8 Å². The van der Waals surface area contributed by atoms with E-state index in [0.717, 1.165) is 0 Å². The van der Waals surface area contributed by atoms with E-state index in [1.165, 1.54) is 0 Å². The van der Waals surface area contributed by atoms with Gasteiger partial charge in [-0.25, -0.2) is 0 Å². The minimum absolute atomic E-state index is 0.224. The topological polar surface area (TPSA) is 82.9 Å². The number of nitrogens with one attached hydrogen (secondary N) is 2. The van der Waals surface area contributed by atoms with Gasteiger partial charge in [0.05, 0.1) is 11.4 Å². The van der Waals surface area contributed by atoms with Crippen LogP contribution in [-0.2, 0) is 9.59 Å². The second-order valence-corrected chi connectivity index (χ2v) is 5.76. The zero-order valence-electron chi connectivity index (χ0n) is 14.7. The van der Waals surface area contributed by atoms with Crippen molar-refractivity contribution >= 4 is 34.6 Å². The van der Waals surface area contributed by atoms with Gasteiger partial charge in [0.1, 0.15) is 0 Å². The van der Waals surface area contributed by atoms with E-state index in [0.29, 0.717) is 33.9 Å². The maximum absolute atomic E-state index is 11.6. The highest BCUT2D eigenvalue weighted by molar-refractivity contribution is 6.03. The van der Waals surface area contributed by atoms with Crippen molar-refractivity contribution < 1.29 is 9.59 Å². The molecule has 0 saturated heterocycles. The molecule has 0 unspecified atom stereocenters. The summed E-state index contributed by atoms with van der Waals surface area (Å²) in [4.78, 5) is 23.1. The highest BCUT2D eigenvalue weighted by Gasteiger charge is 2.03. The van der Waals surface area contributed by atoms with Gasteiger partial charge in [-0.2, -0.15) is 10.2 Å². The fourth-order valence-corrected chi connectivity index (χ4v) is 1.81. The Morgan fingerprint density at radius 1 is 0.692 bits per heavy atom. The van der Waals surface area contributed by atoms with Crippen LogP contribution < -0.4 is 10.6 Å². The summed E-state index contributed by atoms with van der Waals surface area (Å²) in [5.41, 5.74) is 3.51. The third-order valence-corrected chi connectivity index (χ3v) is 3.31. The molecule has 0 spiro atoms. The summed E-state index contributed by atoms with van der Waals surface area (Å²) in [5, 5.41) is 13.7. The van der Waals surface area contributed by atoms with Crippen LogP contribution in [0.1, 0.15) is 13.8 Å². The summed E-state index contributed by atoms with van der Waals surface area (Å²) in [6, 6.07) is 14.0. The summed E-state index contributed by atoms with van der Waals surface area (Å²) < 4.78 is 0. The smallest absolute Gasteiger partial charge is 0.250 e. The van der Waals surface area contributed by atoms with Gasteiger partial charge in [-0.05, 0) is 62.4 Å². The van der Waals surface area contributed by atoms with E-state index < -0.39 is 0 Å². The molecule has 0 bridgehead atoms. The highest BCUT2D eigenvalue weighted by atomic mass is 16.2. The molecule has 0 aliphatic carbocycles. The normalized spacial score (nSPS) is 10.4. The molecule has 6 nitrogen and oxygen atoms in total. The average Bonchev–Trinajstić information content (AvgIpc) is 2.62. The number of amides is 2. The number of azo groups is 1. The van der Waals surface area contributed by atoms with Crippen LogP contribution >= 0.6 is 0 Å². The standard InChI is InChI=1S/C20H20N4O2/c1-13(2)19(25)21-15-5-9-17(10-6-15)23-24-18-11-7-16(8-12-18)22-20(26)14(3)4/h5-12H,1,3H2,2,4H3,(H,21,25)(H,22,26)/b24-23+. The molecule has 0 atom stereocenters. The first-order valence-electron chi connectivity index (χ1n) is 7.91. The van der Waals surface area contributed by atoms with Crippen molar-refractivity contribution in [2.75, 3.05) is 10.6 Å². The summed E-state index contributed by atoms with van der Waals surface area (Å²) in [6.07, 6.45) is 0. The van der Waals surface area contributed by atoms with Gasteiger partial charge < -0.3 is 10.6 Å². The number of hydrogen-bond acceptors (Lipinski definition) is 4. The van der Waals surface area contributed by atoms with Gasteiger partial charge in [0.25, 0.3) is 11.8 Å². The van der Waals surface area contributed by atoms with Crippen LogP contribution in [0.3, 0.4) is 0 Å². The monoisotopic (exact) mass is 348 g/mol. The van der Waals surface area contributed by atoms with Crippen molar-refractivity contribution in [1.29, 1.82) is 0 Å². The van der Waals surface area contributed by atoms with Gasteiger partial charge in [0.2, 0.25) is 0 Å². The Morgan fingerprint density at radius 3 is 1.27 bits per heavy atom.